The van der Waals surface area contributed by atoms with Gasteiger partial charge < -0.3 is 10.4 Å². The van der Waals surface area contributed by atoms with Gasteiger partial charge in [-0.2, -0.15) is 5.10 Å². The Morgan fingerprint density at radius 2 is 2.14 bits per heavy atom. The van der Waals surface area contributed by atoms with Crippen molar-refractivity contribution >= 4 is 23.0 Å². The van der Waals surface area contributed by atoms with Gasteiger partial charge in [-0.05, 0) is 32.6 Å². The third kappa shape index (κ3) is 2.63. The summed E-state index contributed by atoms with van der Waals surface area (Å²) in [4.78, 5) is 15.6. The summed E-state index contributed by atoms with van der Waals surface area (Å²) in [6.45, 7) is 2.75. The standard InChI is InChI=1S/C15H20N4O2/c1-2-19-15-13(8-17-19)14(10(9-20)7-16-15)18-11-3-5-12(21)6-4-11/h7-9,11-12,21H,2-6H2,1H3,(H,16,18). The molecule has 3 rings (SSSR count). The molecule has 1 aliphatic carbocycles. The third-order valence-electron chi connectivity index (χ3n) is 4.17. The van der Waals surface area contributed by atoms with Gasteiger partial charge in [0.2, 0.25) is 0 Å². The van der Waals surface area contributed by atoms with E-state index in [0.717, 1.165) is 55.2 Å². The number of anilines is 1. The van der Waals surface area contributed by atoms with Crippen LogP contribution in [0.25, 0.3) is 11.0 Å². The van der Waals surface area contributed by atoms with Gasteiger partial charge in [0.25, 0.3) is 0 Å². The van der Waals surface area contributed by atoms with Gasteiger partial charge in [-0.3, -0.25) is 4.79 Å². The molecule has 1 aliphatic rings. The number of aliphatic hydroxyl groups excluding tert-OH is 1. The van der Waals surface area contributed by atoms with Crippen LogP contribution in [0, 0.1) is 0 Å². The maximum atomic E-state index is 11.3. The van der Waals surface area contributed by atoms with Crippen LogP contribution in [0.1, 0.15) is 43.0 Å². The monoisotopic (exact) mass is 288 g/mol. The molecule has 0 radical (unpaired) electrons. The molecule has 6 nitrogen and oxygen atoms in total. The lowest BCUT2D eigenvalue weighted by Crippen LogP contribution is -2.28. The number of pyridine rings is 1. The van der Waals surface area contributed by atoms with E-state index in [1.807, 2.05) is 11.6 Å². The fourth-order valence-electron chi connectivity index (χ4n) is 2.95. The summed E-state index contributed by atoms with van der Waals surface area (Å²) in [7, 11) is 0. The van der Waals surface area contributed by atoms with Crippen LogP contribution < -0.4 is 5.32 Å². The molecule has 6 heteroatoms. The number of nitrogens with one attached hydrogen (secondary N) is 1. The van der Waals surface area contributed by atoms with Crippen LogP contribution >= 0.6 is 0 Å². The topological polar surface area (TPSA) is 80.0 Å². The highest BCUT2D eigenvalue weighted by molar-refractivity contribution is 5.98. The molecule has 2 heterocycles. The molecule has 112 valence electrons. The Hall–Kier alpha value is -1.95. The third-order valence-corrected chi connectivity index (χ3v) is 4.17. The van der Waals surface area contributed by atoms with Crippen LogP contribution in [0.15, 0.2) is 12.4 Å². The maximum absolute atomic E-state index is 11.3. The minimum atomic E-state index is -0.186. The van der Waals surface area contributed by atoms with Gasteiger partial charge >= 0.3 is 0 Å². The quantitative estimate of drug-likeness (QED) is 0.841. The first-order chi connectivity index (χ1) is 10.2. The number of carbonyl (C=O) groups excluding carboxylic acids is 1. The number of aliphatic hydroxyl groups is 1. The summed E-state index contributed by atoms with van der Waals surface area (Å²) in [6, 6.07) is 0.280. The van der Waals surface area contributed by atoms with Crippen molar-refractivity contribution in [3.8, 4) is 0 Å². The lowest BCUT2D eigenvalue weighted by molar-refractivity contribution is 0.112. The summed E-state index contributed by atoms with van der Waals surface area (Å²) < 4.78 is 1.82. The molecular formula is C15H20N4O2. The number of rotatable bonds is 4. The Kier molecular flexibility index (Phi) is 3.88. The van der Waals surface area contributed by atoms with Crippen LogP contribution in [0.3, 0.4) is 0 Å². The molecule has 0 aliphatic heterocycles. The first-order valence-corrected chi connectivity index (χ1v) is 7.47. The Morgan fingerprint density at radius 1 is 1.38 bits per heavy atom. The predicted octanol–water partition coefficient (Wildman–Crippen LogP) is 1.98. The fraction of sp³-hybridized carbons (Fsp3) is 0.533. The van der Waals surface area contributed by atoms with Crippen LogP contribution in [-0.4, -0.2) is 38.3 Å². The molecule has 0 aromatic carbocycles. The normalized spacial score (nSPS) is 22.4. The molecule has 0 atom stereocenters. The Balaban J connectivity index is 1.95. The highest BCUT2D eigenvalue weighted by Gasteiger charge is 2.21. The highest BCUT2D eigenvalue weighted by Crippen LogP contribution is 2.29. The van der Waals surface area contributed by atoms with Crippen molar-refractivity contribution in [1.82, 2.24) is 14.8 Å². The molecule has 0 bridgehead atoms. The van der Waals surface area contributed by atoms with E-state index in [-0.39, 0.29) is 12.1 Å². The number of fused-ring (bicyclic) bond motifs is 1. The lowest BCUT2D eigenvalue weighted by atomic mass is 9.92. The van der Waals surface area contributed by atoms with Gasteiger partial charge in [0.15, 0.2) is 11.9 Å². The smallest absolute Gasteiger partial charge is 0.159 e. The molecule has 21 heavy (non-hydrogen) atoms. The average Bonchev–Trinajstić information content (AvgIpc) is 2.93. The summed E-state index contributed by atoms with van der Waals surface area (Å²) in [5.74, 6) is 0. The van der Waals surface area contributed by atoms with E-state index >= 15 is 0 Å². The average molecular weight is 288 g/mol. The molecule has 0 spiro atoms. The minimum absolute atomic E-state index is 0.186. The second-order valence-electron chi connectivity index (χ2n) is 5.55. The summed E-state index contributed by atoms with van der Waals surface area (Å²) >= 11 is 0. The molecular weight excluding hydrogens is 268 g/mol. The van der Waals surface area contributed by atoms with Crippen molar-refractivity contribution in [2.45, 2.75) is 51.3 Å². The molecule has 1 fully saturated rings. The van der Waals surface area contributed by atoms with Crippen molar-refractivity contribution in [3.63, 3.8) is 0 Å². The van der Waals surface area contributed by atoms with Gasteiger partial charge in [-0.15, -0.1) is 0 Å². The molecule has 0 amide bonds. The zero-order valence-electron chi connectivity index (χ0n) is 12.1. The Morgan fingerprint density at radius 3 is 2.81 bits per heavy atom. The van der Waals surface area contributed by atoms with Crippen molar-refractivity contribution in [3.05, 3.63) is 18.0 Å². The first-order valence-electron chi connectivity index (χ1n) is 7.47. The molecule has 2 aromatic heterocycles. The highest BCUT2D eigenvalue weighted by atomic mass is 16.3. The van der Waals surface area contributed by atoms with Crippen molar-refractivity contribution in [2.75, 3.05) is 5.32 Å². The number of hydrogen-bond donors (Lipinski definition) is 2. The Labute approximate surface area is 123 Å². The van der Waals surface area contributed by atoms with E-state index < -0.39 is 0 Å². The largest absolute Gasteiger partial charge is 0.393 e. The van der Waals surface area contributed by atoms with E-state index in [4.69, 9.17) is 0 Å². The van der Waals surface area contributed by atoms with Crippen molar-refractivity contribution in [1.29, 1.82) is 0 Å². The summed E-state index contributed by atoms with van der Waals surface area (Å²) in [6.07, 6.45) is 7.43. The minimum Gasteiger partial charge on any atom is -0.393 e. The molecule has 0 saturated heterocycles. The predicted molar refractivity (Wildman–Crippen MR) is 80.5 cm³/mol. The number of carbonyl (C=O) groups is 1. The van der Waals surface area contributed by atoms with E-state index in [1.54, 1.807) is 12.4 Å². The van der Waals surface area contributed by atoms with Crippen LogP contribution in [0.4, 0.5) is 5.69 Å². The summed E-state index contributed by atoms with van der Waals surface area (Å²) in [5.41, 5.74) is 2.17. The van der Waals surface area contributed by atoms with Crippen LogP contribution in [0.2, 0.25) is 0 Å². The molecule has 0 unspecified atom stereocenters. The molecule has 1 saturated carbocycles. The van der Waals surface area contributed by atoms with Crippen molar-refractivity contribution in [2.24, 2.45) is 0 Å². The molecule has 2 N–H and O–H groups in total. The van der Waals surface area contributed by atoms with E-state index in [9.17, 15) is 9.90 Å². The van der Waals surface area contributed by atoms with E-state index in [0.29, 0.717) is 5.56 Å². The van der Waals surface area contributed by atoms with E-state index in [1.165, 1.54) is 0 Å². The van der Waals surface area contributed by atoms with Gasteiger partial charge in [-0.1, -0.05) is 0 Å². The molecule has 2 aromatic rings. The lowest BCUT2D eigenvalue weighted by Gasteiger charge is -2.27. The van der Waals surface area contributed by atoms with Gasteiger partial charge in [0.1, 0.15) is 0 Å². The summed E-state index contributed by atoms with van der Waals surface area (Å²) in [5, 5.41) is 18.3. The van der Waals surface area contributed by atoms with Gasteiger partial charge in [0.05, 0.1) is 28.9 Å². The second kappa shape index (κ2) is 5.81. The number of hydrogen-bond acceptors (Lipinski definition) is 5. The van der Waals surface area contributed by atoms with Crippen molar-refractivity contribution < 1.29 is 9.90 Å². The SMILES string of the molecule is CCn1ncc2c(NC3CCC(O)CC3)c(C=O)cnc21. The Bertz CT molecular complexity index is 644. The van der Waals surface area contributed by atoms with Crippen LogP contribution in [0.5, 0.6) is 0 Å². The van der Waals surface area contributed by atoms with Gasteiger partial charge in [0, 0.05) is 18.8 Å². The number of aromatic nitrogens is 3. The maximum Gasteiger partial charge on any atom is 0.159 e. The zero-order chi connectivity index (χ0) is 14.8. The fourth-order valence-corrected chi connectivity index (χ4v) is 2.95. The first kappa shape index (κ1) is 14.0. The zero-order valence-corrected chi connectivity index (χ0v) is 12.1. The van der Waals surface area contributed by atoms with Gasteiger partial charge in [-0.25, -0.2) is 9.67 Å². The second-order valence-corrected chi connectivity index (χ2v) is 5.55. The number of nitrogens with zero attached hydrogens (tertiary/aromatic N) is 3. The van der Waals surface area contributed by atoms with Crippen LogP contribution in [-0.2, 0) is 6.54 Å². The number of aryl methyl sites for hydroxylation is 1. The number of aldehydes is 1. The van der Waals surface area contributed by atoms with E-state index in [2.05, 4.69) is 15.4 Å².